The Hall–Kier alpha value is -2.06. The number of hydrogen-bond acceptors (Lipinski definition) is 6. The summed E-state index contributed by atoms with van der Waals surface area (Å²) in [6.45, 7) is 7.43. The van der Waals surface area contributed by atoms with E-state index in [9.17, 15) is 4.79 Å². The van der Waals surface area contributed by atoms with Crippen LogP contribution < -0.4 is 4.90 Å². The minimum atomic E-state index is -0.177. The quantitative estimate of drug-likeness (QED) is 0.676. The van der Waals surface area contributed by atoms with Gasteiger partial charge in [-0.1, -0.05) is 42.1 Å². The minimum absolute atomic E-state index is 0.177. The number of nitrogens with zero attached hydrogens (tertiary/aromatic N) is 5. The lowest BCUT2D eigenvalue weighted by molar-refractivity contribution is -0.131. The van der Waals surface area contributed by atoms with Crippen molar-refractivity contribution >= 4 is 23.6 Å². The van der Waals surface area contributed by atoms with Gasteiger partial charge in [-0.2, -0.15) is 0 Å². The predicted molar refractivity (Wildman–Crippen MR) is 114 cm³/mol. The fraction of sp³-hybridized carbons (Fsp3) is 0.571. The lowest BCUT2D eigenvalue weighted by Crippen LogP contribution is -2.40. The molecule has 1 aromatic carbocycles. The number of rotatable bonds is 6. The number of aromatic nitrogens is 3. The van der Waals surface area contributed by atoms with E-state index in [0.717, 1.165) is 50.1 Å². The van der Waals surface area contributed by atoms with Crippen molar-refractivity contribution in [1.29, 1.82) is 0 Å². The van der Waals surface area contributed by atoms with E-state index in [2.05, 4.69) is 31.8 Å². The lowest BCUT2D eigenvalue weighted by Gasteiger charge is -2.29. The molecule has 0 unspecified atom stereocenters. The molecule has 2 saturated heterocycles. The lowest BCUT2D eigenvalue weighted by atomic mass is 10.1. The van der Waals surface area contributed by atoms with E-state index in [-0.39, 0.29) is 11.2 Å². The van der Waals surface area contributed by atoms with Crippen LogP contribution in [0.2, 0.25) is 0 Å². The predicted octanol–water partition coefficient (Wildman–Crippen LogP) is 2.66. The molecule has 2 fully saturated rings. The van der Waals surface area contributed by atoms with Gasteiger partial charge in [-0.25, -0.2) is 0 Å². The highest BCUT2D eigenvalue weighted by Crippen LogP contribution is 2.28. The Morgan fingerprint density at radius 1 is 1.07 bits per heavy atom. The molecule has 2 aliphatic rings. The molecular formula is C21H29N5O2S. The van der Waals surface area contributed by atoms with E-state index in [4.69, 9.17) is 4.74 Å². The molecule has 0 bridgehead atoms. The average Bonchev–Trinajstić information content (AvgIpc) is 3.17. The molecule has 4 rings (SSSR count). The molecule has 1 aromatic heterocycles. The molecule has 2 aliphatic heterocycles. The van der Waals surface area contributed by atoms with Crippen LogP contribution in [0.5, 0.6) is 0 Å². The Balaban J connectivity index is 1.54. The van der Waals surface area contributed by atoms with Crippen molar-refractivity contribution in [2.45, 2.75) is 43.1 Å². The summed E-state index contributed by atoms with van der Waals surface area (Å²) in [7, 11) is 0. The van der Waals surface area contributed by atoms with Gasteiger partial charge in [-0.05, 0) is 31.7 Å². The Bertz CT molecular complexity index is 801. The van der Waals surface area contributed by atoms with Gasteiger partial charge in [-0.15, -0.1) is 10.2 Å². The van der Waals surface area contributed by atoms with Crippen molar-refractivity contribution in [3.05, 3.63) is 35.9 Å². The summed E-state index contributed by atoms with van der Waals surface area (Å²) in [5.74, 6) is 1.06. The highest BCUT2D eigenvalue weighted by Gasteiger charge is 2.27. The third-order valence-corrected chi connectivity index (χ3v) is 6.54. The number of amides is 1. The van der Waals surface area contributed by atoms with Crippen LogP contribution in [0.25, 0.3) is 0 Å². The van der Waals surface area contributed by atoms with E-state index in [0.29, 0.717) is 19.8 Å². The van der Waals surface area contributed by atoms with E-state index in [1.807, 2.05) is 30.0 Å². The maximum absolute atomic E-state index is 12.9. The van der Waals surface area contributed by atoms with Gasteiger partial charge < -0.3 is 14.5 Å². The number of carbonyl (C=O) groups is 1. The summed E-state index contributed by atoms with van der Waals surface area (Å²) in [4.78, 5) is 17.1. The van der Waals surface area contributed by atoms with Crippen LogP contribution >= 0.6 is 11.8 Å². The van der Waals surface area contributed by atoms with Gasteiger partial charge >= 0.3 is 0 Å². The fourth-order valence-electron chi connectivity index (χ4n) is 3.85. The fourth-order valence-corrected chi connectivity index (χ4v) is 4.78. The van der Waals surface area contributed by atoms with Crippen LogP contribution in [0.3, 0.4) is 0 Å². The van der Waals surface area contributed by atoms with Crippen molar-refractivity contribution in [2.24, 2.45) is 0 Å². The summed E-state index contributed by atoms with van der Waals surface area (Å²) in [5.41, 5.74) is 1.19. The van der Waals surface area contributed by atoms with Gasteiger partial charge in [0.05, 0.1) is 25.0 Å². The molecule has 1 atom stereocenters. The number of benzene rings is 1. The zero-order valence-electron chi connectivity index (χ0n) is 17.0. The van der Waals surface area contributed by atoms with Gasteiger partial charge in [0.2, 0.25) is 11.9 Å². The van der Waals surface area contributed by atoms with E-state index in [1.165, 1.54) is 23.7 Å². The minimum Gasteiger partial charge on any atom is -0.378 e. The number of likely N-dealkylation sites (tertiary alicyclic amines) is 1. The standard InChI is InChI=1S/C21H29N5O2S/c1-17(19(27)24-10-6-3-7-11-24)29-21-23-22-20(25-12-14-28-15-13-25)26(21)16-18-8-4-2-5-9-18/h2,4-5,8-9,17H,3,6-7,10-16H2,1H3/t17-/m0/s1. The van der Waals surface area contributed by atoms with Crippen LogP contribution in [0.15, 0.2) is 35.5 Å². The normalized spacial score (nSPS) is 18.7. The molecule has 3 heterocycles. The summed E-state index contributed by atoms with van der Waals surface area (Å²) in [6.07, 6.45) is 3.43. The first-order valence-electron chi connectivity index (χ1n) is 10.5. The Morgan fingerprint density at radius 3 is 2.52 bits per heavy atom. The summed E-state index contributed by atoms with van der Waals surface area (Å²) in [6, 6.07) is 10.3. The number of piperidine rings is 1. The second kappa shape index (κ2) is 9.63. The first-order chi connectivity index (χ1) is 14.2. The first-order valence-corrected chi connectivity index (χ1v) is 11.4. The van der Waals surface area contributed by atoms with Crippen molar-refractivity contribution in [3.8, 4) is 0 Å². The maximum Gasteiger partial charge on any atom is 0.235 e. The summed E-state index contributed by atoms with van der Waals surface area (Å²) in [5, 5.41) is 9.60. The third-order valence-electron chi connectivity index (χ3n) is 5.47. The van der Waals surface area contributed by atoms with Crippen LogP contribution in [0, 0.1) is 0 Å². The van der Waals surface area contributed by atoms with Crippen LogP contribution in [-0.2, 0) is 16.1 Å². The Kier molecular flexibility index (Phi) is 6.71. The second-order valence-electron chi connectivity index (χ2n) is 7.60. The number of thioether (sulfide) groups is 1. The van der Waals surface area contributed by atoms with Crippen LogP contribution in [-0.4, -0.2) is 70.2 Å². The van der Waals surface area contributed by atoms with E-state index >= 15 is 0 Å². The molecule has 29 heavy (non-hydrogen) atoms. The highest BCUT2D eigenvalue weighted by molar-refractivity contribution is 8.00. The van der Waals surface area contributed by atoms with Crippen molar-refractivity contribution < 1.29 is 9.53 Å². The van der Waals surface area contributed by atoms with Crippen molar-refractivity contribution in [1.82, 2.24) is 19.7 Å². The van der Waals surface area contributed by atoms with E-state index < -0.39 is 0 Å². The van der Waals surface area contributed by atoms with Crippen LogP contribution in [0.4, 0.5) is 5.95 Å². The topological polar surface area (TPSA) is 63.5 Å². The first kappa shape index (κ1) is 20.2. The largest absolute Gasteiger partial charge is 0.378 e. The Labute approximate surface area is 176 Å². The molecule has 156 valence electrons. The second-order valence-corrected chi connectivity index (χ2v) is 8.91. The van der Waals surface area contributed by atoms with Crippen LogP contribution in [0.1, 0.15) is 31.7 Å². The summed E-state index contributed by atoms with van der Waals surface area (Å²) >= 11 is 1.52. The third kappa shape index (κ3) is 4.93. The Morgan fingerprint density at radius 2 is 1.79 bits per heavy atom. The number of carbonyl (C=O) groups excluding carboxylic acids is 1. The summed E-state index contributed by atoms with van der Waals surface area (Å²) < 4.78 is 7.64. The maximum atomic E-state index is 12.9. The zero-order valence-corrected chi connectivity index (χ0v) is 17.8. The molecular weight excluding hydrogens is 386 g/mol. The SMILES string of the molecule is C[C@H](Sc1nnc(N2CCOCC2)n1Cc1ccccc1)C(=O)N1CCCCC1. The molecule has 8 heteroatoms. The van der Waals surface area contributed by atoms with E-state index in [1.54, 1.807) is 0 Å². The monoisotopic (exact) mass is 415 g/mol. The molecule has 1 amide bonds. The highest BCUT2D eigenvalue weighted by atomic mass is 32.2. The van der Waals surface area contributed by atoms with Gasteiger partial charge in [-0.3, -0.25) is 9.36 Å². The van der Waals surface area contributed by atoms with Gasteiger partial charge in [0.25, 0.3) is 0 Å². The molecule has 0 N–H and O–H groups in total. The smallest absolute Gasteiger partial charge is 0.235 e. The number of anilines is 1. The van der Waals surface area contributed by atoms with Gasteiger partial charge in [0.1, 0.15) is 0 Å². The average molecular weight is 416 g/mol. The number of hydrogen-bond donors (Lipinski definition) is 0. The number of ether oxygens (including phenoxy) is 1. The van der Waals surface area contributed by atoms with Crippen molar-refractivity contribution in [2.75, 3.05) is 44.3 Å². The van der Waals surface area contributed by atoms with Gasteiger partial charge in [0.15, 0.2) is 5.16 Å². The molecule has 7 nitrogen and oxygen atoms in total. The number of morpholine rings is 1. The zero-order chi connectivity index (χ0) is 20.1. The molecule has 0 radical (unpaired) electrons. The van der Waals surface area contributed by atoms with Crippen molar-refractivity contribution in [3.63, 3.8) is 0 Å². The molecule has 0 aliphatic carbocycles. The molecule has 0 saturated carbocycles. The molecule has 0 spiro atoms. The molecule has 2 aromatic rings. The van der Waals surface area contributed by atoms with Gasteiger partial charge in [0, 0.05) is 26.2 Å².